The van der Waals surface area contributed by atoms with Crippen LogP contribution in [0.15, 0.2) is 0 Å². The Bertz CT molecular complexity index is 134. The predicted octanol–water partition coefficient (Wildman–Crippen LogP) is 2.89. The first-order chi connectivity index (χ1) is 6.18. The van der Waals surface area contributed by atoms with Crippen molar-refractivity contribution in [3.05, 3.63) is 0 Å². The van der Waals surface area contributed by atoms with Crippen LogP contribution in [0.4, 0.5) is 0 Å². The lowest BCUT2D eigenvalue weighted by Gasteiger charge is -2.38. The van der Waals surface area contributed by atoms with E-state index in [9.17, 15) is 0 Å². The van der Waals surface area contributed by atoms with Gasteiger partial charge in [-0.15, -0.1) is 0 Å². The van der Waals surface area contributed by atoms with Crippen LogP contribution in [0.1, 0.15) is 39.5 Å². The van der Waals surface area contributed by atoms with Crippen LogP contribution >= 0.6 is 11.8 Å². The molecule has 1 nitrogen and oxygen atoms in total. The molecule has 2 heteroatoms. The number of nitrogens with two attached hydrogens (primary N) is 1. The molecule has 1 saturated heterocycles. The first-order valence-corrected chi connectivity index (χ1v) is 6.62. The average molecular weight is 201 g/mol. The van der Waals surface area contributed by atoms with E-state index in [-0.39, 0.29) is 0 Å². The Morgan fingerprint density at radius 2 is 2.23 bits per heavy atom. The van der Waals surface area contributed by atoms with Gasteiger partial charge in [0.25, 0.3) is 0 Å². The maximum atomic E-state index is 5.71. The van der Waals surface area contributed by atoms with Gasteiger partial charge in [-0.25, -0.2) is 0 Å². The van der Waals surface area contributed by atoms with E-state index in [4.69, 9.17) is 5.73 Å². The summed E-state index contributed by atoms with van der Waals surface area (Å²) in [5, 5.41) is 0. The minimum absolute atomic E-state index is 0.589. The molecular weight excluding hydrogens is 178 g/mol. The van der Waals surface area contributed by atoms with E-state index in [0.717, 1.165) is 12.5 Å². The molecule has 1 unspecified atom stereocenters. The smallest absolute Gasteiger partial charge is 0.00102 e. The molecule has 1 aliphatic heterocycles. The zero-order valence-corrected chi connectivity index (χ0v) is 9.83. The molecule has 1 fully saturated rings. The topological polar surface area (TPSA) is 26.0 Å². The van der Waals surface area contributed by atoms with Crippen molar-refractivity contribution in [2.24, 2.45) is 17.1 Å². The van der Waals surface area contributed by atoms with E-state index in [2.05, 4.69) is 25.6 Å². The summed E-state index contributed by atoms with van der Waals surface area (Å²) in [6.07, 6.45) is 5.42. The largest absolute Gasteiger partial charge is 0.330 e. The lowest BCUT2D eigenvalue weighted by atomic mass is 9.75. The molecule has 0 amide bonds. The maximum Gasteiger partial charge on any atom is -0.00102 e. The molecule has 1 aliphatic rings. The van der Waals surface area contributed by atoms with Crippen LogP contribution in [0, 0.1) is 11.3 Å². The SMILES string of the molecule is CC(C)CC1(CCN)CCCSC1. The van der Waals surface area contributed by atoms with Crippen molar-refractivity contribution < 1.29 is 0 Å². The fourth-order valence-corrected chi connectivity index (χ4v) is 3.87. The van der Waals surface area contributed by atoms with Gasteiger partial charge in [0, 0.05) is 0 Å². The Morgan fingerprint density at radius 1 is 1.46 bits per heavy atom. The molecule has 2 N–H and O–H groups in total. The van der Waals surface area contributed by atoms with Crippen molar-refractivity contribution in [3.63, 3.8) is 0 Å². The molecule has 0 aliphatic carbocycles. The molecule has 0 spiro atoms. The average Bonchev–Trinajstić information content (AvgIpc) is 2.04. The lowest BCUT2D eigenvalue weighted by Crippen LogP contribution is -2.31. The Balaban J connectivity index is 2.50. The molecule has 0 aromatic carbocycles. The van der Waals surface area contributed by atoms with E-state index >= 15 is 0 Å². The molecule has 0 saturated carbocycles. The zero-order chi connectivity index (χ0) is 9.73. The van der Waals surface area contributed by atoms with E-state index < -0.39 is 0 Å². The molecule has 13 heavy (non-hydrogen) atoms. The van der Waals surface area contributed by atoms with Crippen molar-refractivity contribution in [1.82, 2.24) is 0 Å². The van der Waals surface area contributed by atoms with Crippen molar-refractivity contribution >= 4 is 11.8 Å². The summed E-state index contributed by atoms with van der Waals surface area (Å²) in [7, 11) is 0. The van der Waals surface area contributed by atoms with Crippen molar-refractivity contribution in [3.8, 4) is 0 Å². The Morgan fingerprint density at radius 3 is 2.69 bits per heavy atom. The third-order valence-electron chi connectivity index (χ3n) is 2.92. The summed E-state index contributed by atoms with van der Waals surface area (Å²) in [6.45, 7) is 5.53. The van der Waals surface area contributed by atoms with Crippen LogP contribution in [0.25, 0.3) is 0 Å². The van der Waals surface area contributed by atoms with Gasteiger partial charge in [-0.2, -0.15) is 11.8 Å². The minimum Gasteiger partial charge on any atom is -0.330 e. The van der Waals surface area contributed by atoms with Crippen LogP contribution in [0.2, 0.25) is 0 Å². The van der Waals surface area contributed by atoms with Crippen LogP contribution < -0.4 is 5.73 Å². The molecule has 0 radical (unpaired) electrons. The van der Waals surface area contributed by atoms with Gasteiger partial charge in [0.15, 0.2) is 0 Å². The van der Waals surface area contributed by atoms with Crippen LogP contribution in [-0.4, -0.2) is 18.1 Å². The zero-order valence-electron chi connectivity index (χ0n) is 9.01. The summed E-state index contributed by atoms with van der Waals surface area (Å²) in [4.78, 5) is 0. The monoisotopic (exact) mass is 201 g/mol. The van der Waals surface area contributed by atoms with E-state index in [1.807, 2.05) is 0 Å². The first kappa shape index (κ1) is 11.4. The number of rotatable bonds is 4. The standard InChI is InChI=1S/C11H23NS/c1-10(2)8-11(5-6-12)4-3-7-13-9-11/h10H,3-9,12H2,1-2H3. The number of thioether (sulfide) groups is 1. The highest BCUT2D eigenvalue weighted by Crippen LogP contribution is 2.41. The maximum absolute atomic E-state index is 5.71. The van der Waals surface area contributed by atoms with Gasteiger partial charge in [0.2, 0.25) is 0 Å². The lowest BCUT2D eigenvalue weighted by molar-refractivity contribution is 0.221. The summed E-state index contributed by atoms with van der Waals surface area (Å²) < 4.78 is 0. The summed E-state index contributed by atoms with van der Waals surface area (Å²) in [6, 6.07) is 0. The Hall–Kier alpha value is 0.310. The second-order valence-electron chi connectivity index (χ2n) is 4.79. The van der Waals surface area contributed by atoms with Crippen LogP contribution in [0.5, 0.6) is 0 Å². The van der Waals surface area contributed by atoms with E-state index in [0.29, 0.717) is 5.41 Å². The summed E-state index contributed by atoms with van der Waals surface area (Å²) in [5.74, 6) is 3.54. The number of hydrogen-bond acceptors (Lipinski definition) is 2. The van der Waals surface area contributed by atoms with Crippen molar-refractivity contribution in [2.75, 3.05) is 18.1 Å². The second-order valence-corrected chi connectivity index (χ2v) is 5.90. The quantitative estimate of drug-likeness (QED) is 0.757. The van der Waals surface area contributed by atoms with E-state index in [1.165, 1.54) is 37.2 Å². The van der Waals surface area contributed by atoms with Crippen LogP contribution in [0.3, 0.4) is 0 Å². The fourth-order valence-electron chi connectivity index (χ4n) is 2.54. The Kier molecular flexibility index (Phi) is 4.60. The fraction of sp³-hybridized carbons (Fsp3) is 1.00. The van der Waals surface area contributed by atoms with Gasteiger partial charge in [-0.05, 0) is 55.1 Å². The second kappa shape index (κ2) is 5.26. The molecule has 1 heterocycles. The molecule has 1 atom stereocenters. The van der Waals surface area contributed by atoms with Crippen LogP contribution in [-0.2, 0) is 0 Å². The predicted molar refractivity (Wildman–Crippen MR) is 62.1 cm³/mol. The minimum atomic E-state index is 0.589. The van der Waals surface area contributed by atoms with Crippen molar-refractivity contribution in [1.29, 1.82) is 0 Å². The highest BCUT2D eigenvalue weighted by atomic mass is 32.2. The summed E-state index contributed by atoms with van der Waals surface area (Å²) >= 11 is 2.13. The third-order valence-corrected chi connectivity index (χ3v) is 4.31. The molecule has 78 valence electrons. The van der Waals surface area contributed by atoms with Gasteiger partial charge in [-0.1, -0.05) is 13.8 Å². The molecule has 0 bridgehead atoms. The summed E-state index contributed by atoms with van der Waals surface area (Å²) in [5.41, 5.74) is 6.30. The van der Waals surface area contributed by atoms with Crippen molar-refractivity contribution in [2.45, 2.75) is 39.5 Å². The van der Waals surface area contributed by atoms with Gasteiger partial charge in [0.1, 0.15) is 0 Å². The van der Waals surface area contributed by atoms with Gasteiger partial charge in [0.05, 0.1) is 0 Å². The van der Waals surface area contributed by atoms with Gasteiger partial charge in [-0.3, -0.25) is 0 Å². The molecule has 0 aromatic heterocycles. The van der Waals surface area contributed by atoms with Gasteiger partial charge >= 0.3 is 0 Å². The number of hydrogen-bond donors (Lipinski definition) is 1. The molecule has 1 rings (SSSR count). The molecule has 0 aromatic rings. The Labute approximate surface area is 86.8 Å². The normalized spacial score (nSPS) is 29.5. The third kappa shape index (κ3) is 3.51. The highest BCUT2D eigenvalue weighted by Gasteiger charge is 2.31. The van der Waals surface area contributed by atoms with Gasteiger partial charge < -0.3 is 5.73 Å². The molecular formula is C11H23NS. The first-order valence-electron chi connectivity index (χ1n) is 5.46. The van der Waals surface area contributed by atoms with E-state index in [1.54, 1.807) is 0 Å². The highest BCUT2D eigenvalue weighted by molar-refractivity contribution is 7.99.